The number of carboxylic acids is 1. The summed E-state index contributed by atoms with van der Waals surface area (Å²) in [6.07, 6.45) is 13.2. The van der Waals surface area contributed by atoms with Crippen molar-refractivity contribution in [1.29, 1.82) is 0 Å². The summed E-state index contributed by atoms with van der Waals surface area (Å²) in [7, 11) is 0. The number of hydrogen-bond donors (Lipinski definition) is 3. The first-order chi connectivity index (χ1) is 12.3. The molecule has 1 rings (SSSR count). The molecule has 0 bridgehead atoms. The van der Waals surface area contributed by atoms with Gasteiger partial charge in [-0.05, 0) is 68.6 Å². The Morgan fingerprint density at radius 1 is 1.23 bits per heavy atom. The number of carboxylic acid groups (broad SMARTS) is 1. The van der Waals surface area contributed by atoms with Crippen LogP contribution in [-0.4, -0.2) is 33.5 Å². The number of allylic oxidation sites excluding steroid dienone is 2. The minimum absolute atomic E-state index is 0.0349. The summed E-state index contributed by atoms with van der Waals surface area (Å²) in [5, 5.41) is 29.6. The van der Waals surface area contributed by atoms with Crippen molar-refractivity contribution in [2.45, 2.75) is 104 Å². The molecule has 4 atom stereocenters. The molecule has 1 fully saturated rings. The molecule has 0 saturated heterocycles. The van der Waals surface area contributed by atoms with Crippen LogP contribution in [0.3, 0.4) is 0 Å². The molecule has 1 aliphatic rings. The summed E-state index contributed by atoms with van der Waals surface area (Å²) in [6.45, 7) is 6.50. The van der Waals surface area contributed by atoms with E-state index in [0.29, 0.717) is 12.3 Å². The smallest absolute Gasteiger partial charge is 0.303 e. The Balaban J connectivity index is 2.40. The fourth-order valence-electron chi connectivity index (χ4n) is 4.14. The Morgan fingerprint density at radius 2 is 1.96 bits per heavy atom. The zero-order chi connectivity index (χ0) is 19.6. The summed E-state index contributed by atoms with van der Waals surface area (Å²) in [5.74, 6) is 0.00655. The highest BCUT2D eigenvalue weighted by Gasteiger charge is 2.35. The molecule has 0 aromatic carbocycles. The lowest BCUT2D eigenvalue weighted by molar-refractivity contribution is -0.137. The Kier molecular flexibility index (Phi) is 10.5. The van der Waals surface area contributed by atoms with E-state index in [0.717, 1.165) is 57.8 Å². The highest BCUT2D eigenvalue weighted by atomic mass is 16.4. The molecule has 0 unspecified atom stereocenters. The van der Waals surface area contributed by atoms with E-state index >= 15 is 0 Å². The van der Waals surface area contributed by atoms with Crippen LogP contribution >= 0.6 is 0 Å². The van der Waals surface area contributed by atoms with Crippen LogP contribution < -0.4 is 0 Å². The van der Waals surface area contributed by atoms with E-state index in [1.54, 1.807) is 0 Å². The van der Waals surface area contributed by atoms with E-state index in [2.05, 4.69) is 26.8 Å². The molecule has 152 valence electrons. The van der Waals surface area contributed by atoms with Crippen molar-refractivity contribution in [2.24, 2.45) is 17.3 Å². The molecule has 0 aliphatic heterocycles. The number of rotatable bonds is 13. The summed E-state index contributed by atoms with van der Waals surface area (Å²) in [6, 6.07) is 0. The molecule has 26 heavy (non-hydrogen) atoms. The summed E-state index contributed by atoms with van der Waals surface area (Å²) in [4.78, 5) is 10.5. The van der Waals surface area contributed by atoms with Crippen molar-refractivity contribution in [3.8, 4) is 0 Å². The third-order valence-corrected chi connectivity index (χ3v) is 6.16. The second kappa shape index (κ2) is 11.8. The average Bonchev–Trinajstić information content (AvgIpc) is 2.93. The molecule has 1 saturated carbocycles. The maximum Gasteiger partial charge on any atom is 0.303 e. The van der Waals surface area contributed by atoms with Crippen molar-refractivity contribution >= 4 is 5.97 Å². The van der Waals surface area contributed by atoms with Crippen LogP contribution in [0.15, 0.2) is 12.2 Å². The zero-order valence-electron chi connectivity index (χ0n) is 17.0. The second-order valence-electron chi connectivity index (χ2n) is 8.75. The molecule has 4 heteroatoms. The monoisotopic (exact) mass is 368 g/mol. The van der Waals surface area contributed by atoms with Gasteiger partial charge in [-0.3, -0.25) is 4.79 Å². The zero-order valence-corrected chi connectivity index (χ0v) is 17.0. The number of unbranched alkanes of at least 4 members (excludes halogenated alkanes) is 2. The Labute approximate surface area is 159 Å². The first kappa shape index (κ1) is 23.2. The van der Waals surface area contributed by atoms with E-state index in [-0.39, 0.29) is 30.0 Å². The Bertz CT molecular complexity index is 430. The summed E-state index contributed by atoms with van der Waals surface area (Å²) in [5.41, 5.74) is -0.0349. The Morgan fingerprint density at radius 3 is 2.62 bits per heavy atom. The van der Waals surface area contributed by atoms with Gasteiger partial charge < -0.3 is 15.3 Å². The lowest BCUT2D eigenvalue weighted by atomic mass is 9.77. The first-order valence-electron chi connectivity index (χ1n) is 10.5. The highest BCUT2D eigenvalue weighted by Crippen LogP contribution is 2.39. The van der Waals surface area contributed by atoms with Crippen LogP contribution in [0.2, 0.25) is 0 Å². The number of aliphatic hydroxyl groups excluding tert-OH is 2. The van der Waals surface area contributed by atoms with Crippen molar-refractivity contribution in [1.82, 2.24) is 0 Å². The standard InChI is InChI=1S/C22H40O4/c1-4-5-16-22(2,3)20(24)15-13-17-12-14-19(23)18(17)10-8-6-7-9-11-21(25)26/h6,8,17-20,23-24H,4-5,7,9-16H2,1-3H3,(H,25,26)/b8-6-/t17-,18-,19+,20-/m1/s1. The maximum absolute atomic E-state index is 10.6. The molecule has 1 aliphatic carbocycles. The van der Waals surface area contributed by atoms with Crippen LogP contribution in [0.4, 0.5) is 0 Å². The van der Waals surface area contributed by atoms with E-state index in [4.69, 9.17) is 5.11 Å². The molecular weight excluding hydrogens is 328 g/mol. The van der Waals surface area contributed by atoms with Crippen molar-refractivity contribution in [3.63, 3.8) is 0 Å². The normalized spacial score (nSPS) is 25.0. The lowest BCUT2D eigenvalue weighted by Gasteiger charge is -2.32. The molecular formula is C22H40O4. The number of carbonyl (C=O) groups is 1. The topological polar surface area (TPSA) is 77.8 Å². The van der Waals surface area contributed by atoms with Gasteiger partial charge in [0.2, 0.25) is 0 Å². The largest absolute Gasteiger partial charge is 0.481 e. The van der Waals surface area contributed by atoms with Crippen LogP contribution in [0.25, 0.3) is 0 Å². The van der Waals surface area contributed by atoms with E-state index < -0.39 is 5.97 Å². The van der Waals surface area contributed by atoms with Crippen molar-refractivity contribution < 1.29 is 20.1 Å². The van der Waals surface area contributed by atoms with Gasteiger partial charge in [0.25, 0.3) is 0 Å². The summed E-state index contributed by atoms with van der Waals surface area (Å²) >= 11 is 0. The minimum atomic E-state index is -0.745. The fourth-order valence-corrected chi connectivity index (χ4v) is 4.14. The number of hydrogen-bond acceptors (Lipinski definition) is 3. The summed E-state index contributed by atoms with van der Waals surface area (Å²) < 4.78 is 0. The molecule has 0 radical (unpaired) electrons. The van der Waals surface area contributed by atoms with Crippen LogP contribution in [0.1, 0.15) is 91.4 Å². The maximum atomic E-state index is 10.6. The molecule has 0 heterocycles. The average molecular weight is 369 g/mol. The van der Waals surface area contributed by atoms with Gasteiger partial charge >= 0.3 is 5.97 Å². The second-order valence-corrected chi connectivity index (χ2v) is 8.75. The molecule has 0 aromatic heterocycles. The highest BCUT2D eigenvalue weighted by molar-refractivity contribution is 5.66. The minimum Gasteiger partial charge on any atom is -0.481 e. The number of aliphatic hydroxyl groups is 2. The van der Waals surface area contributed by atoms with Gasteiger partial charge in [0.15, 0.2) is 0 Å². The molecule has 0 amide bonds. The van der Waals surface area contributed by atoms with E-state index in [1.807, 2.05) is 6.08 Å². The third-order valence-electron chi connectivity index (χ3n) is 6.16. The lowest BCUT2D eigenvalue weighted by Crippen LogP contribution is -2.30. The van der Waals surface area contributed by atoms with Gasteiger partial charge in [0, 0.05) is 6.42 Å². The number of aliphatic carboxylic acids is 1. The van der Waals surface area contributed by atoms with Gasteiger partial charge in [-0.15, -0.1) is 0 Å². The van der Waals surface area contributed by atoms with Crippen molar-refractivity contribution in [2.75, 3.05) is 0 Å². The van der Waals surface area contributed by atoms with Gasteiger partial charge in [-0.25, -0.2) is 0 Å². The SMILES string of the molecule is CCCCC(C)(C)[C@H](O)CC[C@H]1CC[C@H](O)[C@@H]1C/C=C\CCCC(=O)O. The fraction of sp³-hybridized carbons (Fsp3) is 0.864. The van der Waals surface area contributed by atoms with E-state index in [1.165, 1.54) is 0 Å². The van der Waals surface area contributed by atoms with Crippen molar-refractivity contribution in [3.05, 3.63) is 12.2 Å². The Hall–Kier alpha value is -0.870. The molecule has 0 aromatic rings. The predicted molar refractivity (Wildman–Crippen MR) is 106 cm³/mol. The van der Waals surface area contributed by atoms with Gasteiger partial charge in [0.1, 0.15) is 0 Å². The molecule has 0 spiro atoms. The third kappa shape index (κ3) is 8.22. The van der Waals surface area contributed by atoms with Crippen LogP contribution in [0.5, 0.6) is 0 Å². The van der Waals surface area contributed by atoms with Crippen LogP contribution in [-0.2, 0) is 4.79 Å². The molecule has 4 nitrogen and oxygen atoms in total. The van der Waals surface area contributed by atoms with Gasteiger partial charge in [0.05, 0.1) is 12.2 Å². The quantitative estimate of drug-likeness (QED) is 0.318. The van der Waals surface area contributed by atoms with Crippen LogP contribution in [0, 0.1) is 17.3 Å². The predicted octanol–water partition coefficient (Wildman–Crippen LogP) is 4.93. The van der Waals surface area contributed by atoms with Gasteiger partial charge in [-0.2, -0.15) is 0 Å². The van der Waals surface area contributed by atoms with E-state index in [9.17, 15) is 15.0 Å². The molecule has 3 N–H and O–H groups in total. The van der Waals surface area contributed by atoms with Gasteiger partial charge in [-0.1, -0.05) is 45.8 Å². The first-order valence-corrected chi connectivity index (χ1v) is 10.5.